The van der Waals surface area contributed by atoms with Crippen LogP contribution in [-0.2, 0) is 11.3 Å². The quantitative estimate of drug-likeness (QED) is 0.798. The standard InChI is InChI=1S/C19H21FN2O2S/c20-15-7-9-16(10-8-15)22(13-14-4-1-2-6-18(14)23)19(25)21-12-17-5-3-11-24-17/h1-2,4,6-10,17,23H,3,5,11-13H2,(H,21,25)/t17-/m1/s1. The molecule has 0 amide bonds. The van der Waals surface area contributed by atoms with Crippen LogP contribution in [0.1, 0.15) is 18.4 Å². The van der Waals surface area contributed by atoms with E-state index in [-0.39, 0.29) is 17.7 Å². The lowest BCUT2D eigenvalue weighted by molar-refractivity contribution is 0.114. The number of phenolic OH excluding ortho intramolecular Hbond substituents is 1. The van der Waals surface area contributed by atoms with E-state index in [2.05, 4.69) is 5.32 Å². The summed E-state index contributed by atoms with van der Waals surface area (Å²) in [5, 5.41) is 13.8. The number of para-hydroxylation sites is 1. The van der Waals surface area contributed by atoms with Crippen molar-refractivity contribution in [3.05, 3.63) is 59.9 Å². The number of benzene rings is 2. The van der Waals surface area contributed by atoms with Crippen LogP contribution in [-0.4, -0.2) is 29.5 Å². The predicted octanol–water partition coefficient (Wildman–Crippen LogP) is 3.59. The minimum absolute atomic E-state index is 0.165. The second-order valence-electron chi connectivity index (χ2n) is 6.01. The van der Waals surface area contributed by atoms with Crippen LogP contribution in [0.3, 0.4) is 0 Å². The highest BCUT2D eigenvalue weighted by molar-refractivity contribution is 7.80. The molecule has 0 aliphatic carbocycles. The second-order valence-corrected chi connectivity index (χ2v) is 6.40. The molecule has 2 aromatic rings. The van der Waals surface area contributed by atoms with Crippen LogP contribution in [0.25, 0.3) is 0 Å². The van der Waals surface area contributed by atoms with Crippen molar-refractivity contribution >= 4 is 23.0 Å². The van der Waals surface area contributed by atoms with Crippen LogP contribution in [0.15, 0.2) is 48.5 Å². The Morgan fingerprint density at radius 1 is 1.24 bits per heavy atom. The van der Waals surface area contributed by atoms with E-state index in [9.17, 15) is 9.50 Å². The highest BCUT2D eigenvalue weighted by Crippen LogP contribution is 2.23. The number of phenols is 1. The van der Waals surface area contributed by atoms with Crippen LogP contribution in [0.5, 0.6) is 5.75 Å². The number of rotatable bonds is 5. The highest BCUT2D eigenvalue weighted by Gasteiger charge is 2.19. The first-order valence-electron chi connectivity index (χ1n) is 8.33. The molecular weight excluding hydrogens is 339 g/mol. The molecule has 0 bridgehead atoms. The van der Waals surface area contributed by atoms with Crippen LogP contribution in [0.4, 0.5) is 10.1 Å². The molecule has 25 heavy (non-hydrogen) atoms. The summed E-state index contributed by atoms with van der Waals surface area (Å²) in [6.45, 7) is 1.81. The maximum absolute atomic E-state index is 13.3. The smallest absolute Gasteiger partial charge is 0.173 e. The third-order valence-electron chi connectivity index (χ3n) is 4.21. The Hall–Kier alpha value is -2.18. The minimum atomic E-state index is -0.301. The van der Waals surface area contributed by atoms with Crippen LogP contribution in [0, 0.1) is 5.82 Å². The van der Waals surface area contributed by atoms with Crippen molar-refractivity contribution in [2.75, 3.05) is 18.1 Å². The number of nitrogens with one attached hydrogen (secondary N) is 1. The summed E-state index contributed by atoms with van der Waals surface area (Å²) < 4.78 is 18.9. The van der Waals surface area contributed by atoms with Crippen molar-refractivity contribution < 1.29 is 14.2 Å². The first kappa shape index (κ1) is 17.6. The van der Waals surface area contributed by atoms with E-state index in [1.165, 1.54) is 12.1 Å². The molecule has 0 spiro atoms. The van der Waals surface area contributed by atoms with Crippen molar-refractivity contribution in [3.63, 3.8) is 0 Å². The number of hydrogen-bond donors (Lipinski definition) is 2. The molecule has 1 aliphatic rings. The lowest BCUT2D eigenvalue weighted by Crippen LogP contribution is -2.42. The van der Waals surface area contributed by atoms with Gasteiger partial charge in [0.1, 0.15) is 11.6 Å². The van der Waals surface area contributed by atoms with Crippen molar-refractivity contribution in [2.24, 2.45) is 0 Å². The number of ether oxygens (including phenoxy) is 1. The summed E-state index contributed by atoms with van der Waals surface area (Å²) in [6, 6.07) is 13.3. The summed E-state index contributed by atoms with van der Waals surface area (Å²) >= 11 is 5.55. The van der Waals surface area contributed by atoms with E-state index >= 15 is 0 Å². The molecule has 1 fully saturated rings. The Kier molecular flexibility index (Phi) is 5.83. The monoisotopic (exact) mass is 360 g/mol. The maximum Gasteiger partial charge on any atom is 0.173 e. The summed E-state index contributed by atoms with van der Waals surface area (Å²) in [5.74, 6) is -0.0963. The minimum Gasteiger partial charge on any atom is -0.508 e. The van der Waals surface area contributed by atoms with E-state index < -0.39 is 0 Å². The van der Waals surface area contributed by atoms with Gasteiger partial charge in [0.25, 0.3) is 0 Å². The lowest BCUT2D eigenvalue weighted by Gasteiger charge is -2.27. The molecule has 1 atom stereocenters. The van der Waals surface area contributed by atoms with Gasteiger partial charge in [-0.2, -0.15) is 0 Å². The molecule has 2 N–H and O–H groups in total. The maximum atomic E-state index is 13.3. The lowest BCUT2D eigenvalue weighted by atomic mass is 10.1. The topological polar surface area (TPSA) is 44.7 Å². The first-order valence-corrected chi connectivity index (χ1v) is 8.74. The average Bonchev–Trinajstić information content (AvgIpc) is 3.13. The van der Waals surface area contributed by atoms with Gasteiger partial charge in [-0.25, -0.2) is 4.39 Å². The van der Waals surface area contributed by atoms with Crippen LogP contribution >= 0.6 is 12.2 Å². The Bertz CT molecular complexity index is 718. The fourth-order valence-corrected chi connectivity index (χ4v) is 3.07. The largest absolute Gasteiger partial charge is 0.508 e. The Balaban J connectivity index is 1.76. The van der Waals surface area contributed by atoms with Crippen molar-refractivity contribution in [1.29, 1.82) is 0 Å². The first-order chi connectivity index (χ1) is 12.1. The summed E-state index contributed by atoms with van der Waals surface area (Å²) in [4.78, 5) is 1.85. The third-order valence-corrected chi connectivity index (χ3v) is 4.57. The van der Waals surface area contributed by atoms with Gasteiger partial charge in [0.15, 0.2) is 5.11 Å². The fraction of sp³-hybridized carbons (Fsp3) is 0.316. The molecule has 1 aliphatic heterocycles. The zero-order chi connectivity index (χ0) is 17.6. The SMILES string of the molecule is Oc1ccccc1CN(C(=S)NC[C@H]1CCCO1)c1ccc(F)cc1. The Labute approximate surface area is 152 Å². The molecule has 132 valence electrons. The molecule has 6 heteroatoms. The molecule has 2 aromatic carbocycles. The molecule has 0 radical (unpaired) electrons. The zero-order valence-electron chi connectivity index (χ0n) is 13.8. The molecule has 1 saturated heterocycles. The third kappa shape index (κ3) is 4.67. The number of aromatic hydroxyl groups is 1. The Morgan fingerprint density at radius 2 is 2.00 bits per heavy atom. The summed E-state index contributed by atoms with van der Waals surface area (Å²) in [5.41, 5.74) is 1.50. The van der Waals surface area contributed by atoms with Gasteiger partial charge in [0.2, 0.25) is 0 Å². The van der Waals surface area contributed by atoms with Gasteiger partial charge in [-0.1, -0.05) is 18.2 Å². The molecule has 3 rings (SSSR count). The van der Waals surface area contributed by atoms with Gasteiger partial charge >= 0.3 is 0 Å². The van der Waals surface area contributed by atoms with Gasteiger partial charge < -0.3 is 20.1 Å². The summed E-state index contributed by atoms with van der Waals surface area (Å²) in [6.07, 6.45) is 2.25. The number of thiocarbonyl (C=S) groups is 1. The number of halogens is 1. The van der Waals surface area contributed by atoms with Crippen molar-refractivity contribution in [2.45, 2.75) is 25.5 Å². The van der Waals surface area contributed by atoms with Gasteiger partial charge in [-0.3, -0.25) is 0 Å². The van der Waals surface area contributed by atoms with Gasteiger partial charge in [0, 0.05) is 24.4 Å². The molecule has 0 unspecified atom stereocenters. The normalized spacial score (nSPS) is 16.6. The fourth-order valence-electron chi connectivity index (χ4n) is 2.82. The van der Waals surface area contributed by atoms with Gasteiger partial charge in [-0.15, -0.1) is 0 Å². The van der Waals surface area contributed by atoms with Crippen LogP contribution in [0.2, 0.25) is 0 Å². The van der Waals surface area contributed by atoms with Gasteiger partial charge in [-0.05, 0) is 55.4 Å². The number of nitrogens with zero attached hydrogens (tertiary/aromatic N) is 1. The van der Waals surface area contributed by atoms with Crippen LogP contribution < -0.4 is 10.2 Å². The molecule has 0 saturated carbocycles. The van der Waals surface area contributed by atoms with Crippen molar-refractivity contribution in [3.8, 4) is 5.75 Å². The van der Waals surface area contributed by atoms with E-state index in [1.807, 2.05) is 17.0 Å². The summed E-state index contributed by atoms with van der Waals surface area (Å²) in [7, 11) is 0. The number of anilines is 1. The second kappa shape index (κ2) is 8.27. The van der Waals surface area contributed by atoms with E-state index in [1.54, 1.807) is 24.3 Å². The van der Waals surface area contributed by atoms with Crippen molar-refractivity contribution in [1.82, 2.24) is 5.32 Å². The van der Waals surface area contributed by atoms with E-state index in [4.69, 9.17) is 17.0 Å². The average molecular weight is 360 g/mol. The highest BCUT2D eigenvalue weighted by atomic mass is 32.1. The molecule has 0 aromatic heterocycles. The Morgan fingerprint density at radius 3 is 2.68 bits per heavy atom. The molecule has 1 heterocycles. The molecule has 4 nitrogen and oxygen atoms in total. The zero-order valence-corrected chi connectivity index (χ0v) is 14.6. The van der Waals surface area contributed by atoms with E-state index in [0.717, 1.165) is 30.7 Å². The number of hydrogen-bond acceptors (Lipinski definition) is 3. The predicted molar refractivity (Wildman–Crippen MR) is 100 cm³/mol. The van der Waals surface area contributed by atoms with Gasteiger partial charge in [0.05, 0.1) is 12.6 Å². The van der Waals surface area contributed by atoms with E-state index in [0.29, 0.717) is 18.2 Å². The molecular formula is C19H21FN2O2S.